The summed E-state index contributed by atoms with van der Waals surface area (Å²) in [7, 11) is 4.05. The normalized spacial score (nSPS) is 11.1. The standard InChI is InChI=1S/C21H22ClN3OS.ClH/c1-24(2)14-7-15-25(19(26)13-12-16-8-4-3-5-9-16)21-23-20-17(22)10-6-11-18(20)27-21;/h3-6,8-13H,7,14-15H2,1-2H3;1H. The van der Waals surface area contributed by atoms with Crippen LogP contribution in [0.5, 0.6) is 0 Å². The summed E-state index contributed by atoms with van der Waals surface area (Å²) in [6, 6.07) is 15.5. The van der Waals surface area contributed by atoms with Gasteiger partial charge in [-0.05, 0) is 50.8 Å². The second-order valence-corrected chi connectivity index (χ2v) is 7.89. The first-order valence-corrected chi connectivity index (χ1v) is 9.98. The van der Waals surface area contributed by atoms with E-state index in [1.807, 2.05) is 68.7 Å². The van der Waals surface area contributed by atoms with E-state index < -0.39 is 0 Å². The van der Waals surface area contributed by atoms with Gasteiger partial charge < -0.3 is 4.90 Å². The van der Waals surface area contributed by atoms with Crippen molar-refractivity contribution in [3.63, 3.8) is 0 Å². The molecule has 4 nitrogen and oxygen atoms in total. The summed E-state index contributed by atoms with van der Waals surface area (Å²) in [5.41, 5.74) is 1.74. The maximum atomic E-state index is 12.9. The molecular weight excluding hydrogens is 413 g/mol. The molecular formula is C21H23Cl2N3OS. The number of halogens is 2. The van der Waals surface area contributed by atoms with Crippen LogP contribution in [0.25, 0.3) is 16.3 Å². The SMILES string of the molecule is CN(C)CCCN(C(=O)C=Cc1ccccc1)c1nc2c(Cl)cccc2s1.Cl. The van der Waals surface area contributed by atoms with Gasteiger partial charge in [-0.25, -0.2) is 4.98 Å². The van der Waals surface area contributed by atoms with Gasteiger partial charge in [-0.3, -0.25) is 9.69 Å². The van der Waals surface area contributed by atoms with Gasteiger partial charge in [0.2, 0.25) is 0 Å². The molecule has 148 valence electrons. The van der Waals surface area contributed by atoms with E-state index in [0.29, 0.717) is 16.7 Å². The molecule has 0 aliphatic heterocycles. The van der Waals surface area contributed by atoms with Gasteiger partial charge in [-0.2, -0.15) is 0 Å². The van der Waals surface area contributed by atoms with E-state index in [1.54, 1.807) is 11.0 Å². The minimum atomic E-state index is -0.0761. The first-order valence-electron chi connectivity index (χ1n) is 8.79. The quantitative estimate of drug-likeness (QED) is 0.468. The largest absolute Gasteiger partial charge is 0.309 e. The van der Waals surface area contributed by atoms with Crippen LogP contribution in [-0.2, 0) is 4.79 Å². The number of carbonyl (C=O) groups is 1. The number of nitrogens with zero attached hydrogens (tertiary/aromatic N) is 3. The van der Waals surface area contributed by atoms with E-state index in [4.69, 9.17) is 11.6 Å². The summed E-state index contributed by atoms with van der Waals surface area (Å²) in [6.45, 7) is 1.51. The number of carbonyl (C=O) groups excluding carboxylic acids is 1. The predicted octanol–water partition coefficient (Wildman–Crippen LogP) is 5.37. The van der Waals surface area contributed by atoms with Crippen molar-refractivity contribution in [2.45, 2.75) is 6.42 Å². The molecule has 0 saturated heterocycles. The monoisotopic (exact) mass is 435 g/mol. The number of thiazole rings is 1. The Kier molecular flexibility index (Phi) is 8.45. The molecule has 0 unspecified atom stereocenters. The van der Waals surface area contributed by atoms with Crippen LogP contribution in [0.4, 0.5) is 5.13 Å². The second kappa shape index (κ2) is 10.6. The lowest BCUT2D eigenvalue weighted by atomic mass is 10.2. The third-order valence-electron chi connectivity index (χ3n) is 4.06. The molecule has 7 heteroatoms. The Morgan fingerprint density at radius 1 is 1.11 bits per heavy atom. The van der Waals surface area contributed by atoms with Gasteiger partial charge in [0.25, 0.3) is 5.91 Å². The number of fused-ring (bicyclic) bond motifs is 1. The minimum absolute atomic E-state index is 0. The number of benzene rings is 2. The van der Waals surface area contributed by atoms with Crippen molar-refractivity contribution in [3.05, 3.63) is 65.2 Å². The molecule has 0 spiro atoms. The molecule has 0 N–H and O–H groups in total. The molecule has 0 bridgehead atoms. The highest BCUT2D eigenvalue weighted by molar-refractivity contribution is 7.22. The molecule has 0 aliphatic carbocycles. The molecule has 3 rings (SSSR count). The van der Waals surface area contributed by atoms with Crippen molar-refractivity contribution in [3.8, 4) is 0 Å². The van der Waals surface area contributed by atoms with E-state index in [1.165, 1.54) is 11.3 Å². The summed E-state index contributed by atoms with van der Waals surface area (Å²) < 4.78 is 0.981. The average Bonchev–Trinajstić information content (AvgIpc) is 3.09. The highest BCUT2D eigenvalue weighted by Gasteiger charge is 2.18. The minimum Gasteiger partial charge on any atom is -0.309 e. The van der Waals surface area contributed by atoms with Crippen molar-refractivity contribution in [2.75, 3.05) is 32.1 Å². The van der Waals surface area contributed by atoms with Crippen LogP contribution in [0.3, 0.4) is 0 Å². The van der Waals surface area contributed by atoms with Crippen LogP contribution in [0.1, 0.15) is 12.0 Å². The molecule has 0 saturated carbocycles. The molecule has 0 radical (unpaired) electrons. The summed E-state index contributed by atoms with van der Waals surface area (Å²) >= 11 is 7.75. The fourth-order valence-electron chi connectivity index (χ4n) is 2.69. The molecule has 1 amide bonds. The van der Waals surface area contributed by atoms with Crippen LogP contribution < -0.4 is 4.90 Å². The second-order valence-electron chi connectivity index (χ2n) is 6.47. The van der Waals surface area contributed by atoms with Crippen LogP contribution >= 0.6 is 35.3 Å². The molecule has 1 heterocycles. The van der Waals surface area contributed by atoms with E-state index in [0.717, 1.165) is 28.7 Å². The summed E-state index contributed by atoms with van der Waals surface area (Å²) in [6.07, 6.45) is 4.31. The van der Waals surface area contributed by atoms with Gasteiger partial charge in [-0.1, -0.05) is 59.3 Å². The van der Waals surface area contributed by atoms with Gasteiger partial charge >= 0.3 is 0 Å². The van der Waals surface area contributed by atoms with Crippen molar-refractivity contribution in [2.24, 2.45) is 0 Å². The molecule has 0 fully saturated rings. The lowest BCUT2D eigenvalue weighted by Gasteiger charge is -2.19. The maximum Gasteiger partial charge on any atom is 0.252 e. The number of rotatable bonds is 7. The van der Waals surface area contributed by atoms with E-state index >= 15 is 0 Å². The van der Waals surface area contributed by atoms with Crippen LogP contribution in [0.2, 0.25) is 5.02 Å². The lowest BCUT2D eigenvalue weighted by molar-refractivity contribution is -0.114. The van der Waals surface area contributed by atoms with Gasteiger partial charge in [0.15, 0.2) is 5.13 Å². The Morgan fingerprint density at radius 2 is 1.86 bits per heavy atom. The molecule has 2 aromatic carbocycles. The van der Waals surface area contributed by atoms with E-state index in [-0.39, 0.29) is 18.3 Å². The first-order chi connectivity index (χ1) is 13.0. The Bertz CT molecular complexity index is 941. The Balaban J connectivity index is 0.00000280. The highest BCUT2D eigenvalue weighted by Crippen LogP contribution is 2.33. The average molecular weight is 436 g/mol. The van der Waals surface area contributed by atoms with Crippen molar-refractivity contribution in [1.82, 2.24) is 9.88 Å². The Morgan fingerprint density at radius 3 is 2.54 bits per heavy atom. The van der Waals surface area contributed by atoms with E-state index in [9.17, 15) is 4.79 Å². The van der Waals surface area contributed by atoms with E-state index in [2.05, 4.69) is 9.88 Å². The number of hydrogen-bond donors (Lipinski definition) is 0. The van der Waals surface area contributed by atoms with Crippen LogP contribution in [0.15, 0.2) is 54.6 Å². The summed E-state index contributed by atoms with van der Waals surface area (Å²) in [5, 5.41) is 1.29. The number of para-hydroxylation sites is 1. The van der Waals surface area contributed by atoms with Crippen molar-refractivity contribution < 1.29 is 4.79 Å². The van der Waals surface area contributed by atoms with Gasteiger partial charge in [0.05, 0.1) is 9.72 Å². The van der Waals surface area contributed by atoms with Crippen molar-refractivity contribution >= 4 is 62.7 Å². The van der Waals surface area contributed by atoms with Gasteiger partial charge in [-0.15, -0.1) is 12.4 Å². The van der Waals surface area contributed by atoms with Crippen molar-refractivity contribution in [1.29, 1.82) is 0 Å². The fraction of sp³-hybridized carbons (Fsp3) is 0.238. The summed E-state index contributed by atoms with van der Waals surface area (Å²) in [4.78, 5) is 21.4. The highest BCUT2D eigenvalue weighted by atomic mass is 35.5. The first kappa shape index (κ1) is 22.4. The third-order valence-corrected chi connectivity index (χ3v) is 5.41. The zero-order valence-corrected chi connectivity index (χ0v) is 18.2. The lowest BCUT2D eigenvalue weighted by Crippen LogP contribution is -2.32. The Hall–Kier alpha value is -1.92. The zero-order chi connectivity index (χ0) is 19.2. The van der Waals surface area contributed by atoms with Gasteiger partial charge in [0, 0.05) is 12.6 Å². The smallest absolute Gasteiger partial charge is 0.252 e. The molecule has 0 atom stereocenters. The van der Waals surface area contributed by atoms with Gasteiger partial charge in [0.1, 0.15) is 5.52 Å². The molecule has 3 aromatic rings. The maximum absolute atomic E-state index is 12.9. The molecule has 28 heavy (non-hydrogen) atoms. The third kappa shape index (κ3) is 5.79. The van der Waals surface area contributed by atoms with Crippen LogP contribution in [-0.4, -0.2) is 43.0 Å². The zero-order valence-electron chi connectivity index (χ0n) is 15.8. The Labute approximate surface area is 180 Å². The number of aromatic nitrogens is 1. The van der Waals surface area contributed by atoms with Crippen LogP contribution in [0, 0.1) is 0 Å². The predicted molar refractivity (Wildman–Crippen MR) is 123 cm³/mol. The number of anilines is 1. The number of amides is 1. The molecule has 0 aliphatic rings. The topological polar surface area (TPSA) is 36.4 Å². The summed E-state index contributed by atoms with van der Waals surface area (Å²) in [5.74, 6) is -0.0761. The number of hydrogen-bond acceptors (Lipinski definition) is 4. The molecule has 1 aromatic heterocycles. The fourth-order valence-corrected chi connectivity index (χ4v) is 3.98.